The zero-order valence-electron chi connectivity index (χ0n) is 7.92. The Hall–Kier alpha value is -1.53. The van der Waals surface area contributed by atoms with Gasteiger partial charge in [-0.2, -0.15) is 5.26 Å². The minimum absolute atomic E-state index is 0.285. The van der Waals surface area contributed by atoms with Gasteiger partial charge in [0.15, 0.2) is 0 Å². The maximum absolute atomic E-state index is 9.07. The summed E-state index contributed by atoms with van der Waals surface area (Å²) in [5, 5.41) is 9.68. The van der Waals surface area contributed by atoms with Crippen molar-refractivity contribution in [3.63, 3.8) is 0 Å². The SMILES string of the molecule is N#CC1(c2cc3ncc(Cl)cc3[nH]2)CC1. The minimum Gasteiger partial charge on any atom is -0.356 e. The Morgan fingerprint density at radius 3 is 2.93 bits per heavy atom. The number of aromatic amines is 1. The van der Waals surface area contributed by atoms with Gasteiger partial charge in [0.05, 0.1) is 27.5 Å². The summed E-state index contributed by atoms with van der Waals surface area (Å²) in [7, 11) is 0. The first-order chi connectivity index (χ1) is 7.23. The van der Waals surface area contributed by atoms with Crippen molar-refractivity contribution in [2.24, 2.45) is 0 Å². The Bertz CT molecular complexity index is 575. The second-order valence-electron chi connectivity index (χ2n) is 3.96. The molecule has 0 aromatic carbocycles. The Kier molecular flexibility index (Phi) is 1.60. The number of nitrogens with one attached hydrogen (secondary N) is 1. The second-order valence-corrected chi connectivity index (χ2v) is 4.40. The summed E-state index contributed by atoms with van der Waals surface area (Å²) in [6.07, 6.45) is 3.49. The molecule has 0 aliphatic heterocycles. The molecule has 0 saturated heterocycles. The molecule has 0 bridgehead atoms. The third-order valence-electron chi connectivity index (χ3n) is 2.92. The van der Waals surface area contributed by atoms with Crippen LogP contribution >= 0.6 is 11.6 Å². The van der Waals surface area contributed by atoms with Crippen molar-refractivity contribution in [2.45, 2.75) is 18.3 Å². The number of pyridine rings is 1. The number of hydrogen-bond acceptors (Lipinski definition) is 2. The highest BCUT2D eigenvalue weighted by Crippen LogP contribution is 2.47. The molecule has 1 N–H and O–H groups in total. The molecular weight excluding hydrogens is 210 g/mol. The average molecular weight is 218 g/mol. The predicted molar refractivity (Wildman–Crippen MR) is 57.6 cm³/mol. The minimum atomic E-state index is -0.285. The molecule has 3 nitrogen and oxygen atoms in total. The summed E-state index contributed by atoms with van der Waals surface area (Å²) in [5.74, 6) is 0. The van der Waals surface area contributed by atoms with Crippen molar-refractivity contribution in [1.29, 1.82) is 5.26 Å². The second kappa shape index (κ2) is 2.74. The van der Waals surface area contributed by atoms with Crippen LogP contribution in [0.2, 0.25) is 5.02 Å². The Balaban J connectivity index is 2.19. The van der Waals surface area contributed by atoms with Gasteiger partial charge in [0, 0.05) is 11.9 Å². The van der Waals surface area contributed by atoms with Crippen LogP contribution in [0.25, 0.3) is 11.0 Å². The average Bonchev–Trinajstić information content (AvgIpc) is 2.93. The van der Waals surface area contributed by atoms with Gasteiger partial charge < -0.3 is 4.98 Å². The van der Waals surface area contributed by atoms with Gasteiger partial charge in [-0.15, -0.1) is 0 Å². The smallest absolute Gasteiger partial charge is 0.0973 e. The molecule has 2 heterocycles. The fourth-order valence-electron chi connectivity index (χ4n) is 1.81. The number of rotatable bonds is 1. The van der Waals surface area contributed by atoms with E-state index in [1.807, 2.05) is 12.1 Å². The zero-order chi connectivity index (χ0) is 10.5. The highest BCUT2D eigenvalue weighted by molar-refractivity contribution is 6.31. The Morgan fingerprint density at radius 1 is 1.47 bits per heavy atom. The van der Waals surface area contributed by atoms with Gasteiger partial charge in [-0.25, -0.2) is 0 Å². The first-order valence-corrected chi connectivity index (χ1v) is 5.17. The topological polar surface area (TPSA) is 52.5 Å². The Labute approximate surface area is 91.7 Å². The van der Waals surface area contributed by atoms with Gasteiger partial charge in [0.2, 0.25) is 0 Å². The third-order valence-corrected chi connectivity index (χ3v) is 3.12. The summed E-state index contributed by atoms with van der Waals surface area (Å²) in [6, 6.07) is 6.13. The highest BCUT2D eigenvalue weighted by Gasteiger charge is 2.46. The van der Waals surface area contributed by atoms with E-state index in [0.717, 1.165) is 29.6 Å². The largest absolute Gasteiger partial charge is 0.356 e. The van der Waals surface area contributed by atoms with Gasteiger partial charge >= 0.3 is 0 Å². The molecule has 0 unspecified atom stereocenters. The number of H-pyrrole nitrogens is 1. The zero-order valence-corrected chi connectivity index (χ0v) is 8.67. The van der Waals surface area contributed by atoms with Gasteiger partial charge in [-0.3, -0.25) is 4.98 Å². The van der Waals surface area contributed by atoms with Crippen molar-refractivity contribution < 1.29 is 0 Å². The van der Waals surface area contributed by atoms with Crippen molar-refractivity contribution in [2.75, 3.05) is 0 Å². The number of fused-ring (bicyclic) bond motifs is 1. The first-order valence-electron chi connectivity index (χ1n) is 4.79. The number of nitrogens with zero attached hydrogens (tertiary/aromatic N) is 2. The van der Waals surface area contributed by atoms with Gasteiger partial charge in [-0.1, -0.05) is 11.6 Å². The summed E-state index contributed by atoms with van der Waals surface area (Å²) in [6.45, 7) is 0. The summed E-state index contributed by atoms with van der Waals surface area (Å²) >= 11 is 5.84. The molecule has 3 rings (SSSR count). The fraction of sp³-hybridized carbons (Fsp3) is 0.273. The van der Waals surface area contributed by atoms with E-state index >= 15 is 0 Å². The molecule has 1 saturated carbocycles. The molecule has 15 heavy (non-hydrogen) atoms. The van der Waals surface area contributed by atoms with Gasteiger partial charge in [0.1, 0.15) is 0 Å². The van der Waals surface area contributed by atoms with Crippen LogP contribution in [0, 0.1) is 11.3 Å². The molecule has 0 spiro atoms. The maximum Gasteiger partial charge on any atom is 0.0973 e. The van der Waals surface area contributed by atoms with Crippen LogP contribution in [-0.2, 0) is 5.41 Å². The van der Waals surface area contributed by atoms with Crippen LogP contribution in [0.1, 0.15) is 18.5 Å². The van der Waals surface area contributed by atoms with E-state index in [2.05, 4.69) is 16.0 Å². The monoisotopic (exact) mass is 217 g/mol. The lowest BCUT2D eigenvalue weighted by Gasteiger charge is -1.99. The van der Waals surface area contributed by atoms with Gasteiger partial charge in [-0.05, 0) is 25.0 Å². The van der Waals surface area contributed by atoms with Crippen LogP contribution in [0.3, 0.4) is 0 Å². The van der Waals surface area contributed by atoms with E-state index < -0.39 is 0 Å². The van der Waals surface area contributed by atoms with E-state index in [1.54, 1.807) is 6.20 Å². The maximum atomic E-state index is 9.07. The first kappa shape index (κ1) is 8.75. The summed E-state index contributed by atoms with van der Waals surface area (Å²) < 4.78 is 0. The molecule has 1 aliphatic carbocycles. The molecule has 1 aliphatic rings. The van der Waals surface area contributed by atoms with E-state index in [9.17, 15) is 0 Å². The molecule has 74 valence electrons. The summed E-state index contributed by atoms with van der Waals surface area (Å²) in [5.41, 5.74) is 2.46. The normalized spacial score (nSPS) is 17.6. The van der Waals surface area contributed by atoms with Crippen molar-refractivity contribution >= 4 is 22.6 Å². The molecule has 4 heteroatoms. The van der Waals surface area contributed by atoms with Gasteiger partial charge in [0.25, 0.3) is 0 Å². The number of halogens is 1. The number of hydrogen-bond donors (Lipinski definition) is 1. The molecule has 2 aromatic rings. The van der Waals surface area contributed by atoms with Crippen LogP contribution in [0.4, 0.5) is 0 Å². The van der Waals surface area contributed by atoms with E-state index in [4.69, 9.17) is 16.9 Å². The molecule has 0 atom stereocenters. The van der Waals surface area contributed by atoms with E-state index in [-0.39, 0.29) is 5.41 Å². The van der Waals surface area contributed by atoms with Crippen LogP contribution < -0.4 is 0 Å². The van der Waals surface area contributed by atoms with Crippen LogP contribution in [0.5, 0.6) is 0 Å². The predicted octanol–water partition coefficient (Wildman–Crippen LogP) is 2.77. The Morgan fingerprint density at radius 2 is 2.27 bits per heavy atom. The molecule has 1 fully saturated rings. The molecular formula is C11H8ClN3. The van der Waals surface area contributed by atoms with Crippen molar-refractivity contribution in [3.8, 4) is 6.07 Å². The highest BCUT2D eigenvalue weighted by atomic mass is 35.5. The standard InChI is InChI=1S/C11H8ClN3/c12-7-3-9-8(14-5-7)4-10(15-9)11(6-13)1-2-11/h3-5,15H,1-2H2. The van der Waals surface area contributed by atoms with Crippen molar-refractivity contribution in [1.82, 2.24) is 9.97 Å². The molecule has 0 radical (unpaired) electrons. The van der Waals surface area contributed by atoms with E-state index in [1.165, 1.54) is 0 Å². The lowest BCUT2D eigenvalue weighted by molar-refractivity contribution is 0.872. The number of nitriles is 1. The fourth-order valence-corrected chi connectivity index (χ4v) is 1.96. The molecule has 0 amide bonds. The van der Waals surface area contributed by atoms with Crippen LogP contribution in [-0.4, -0.2) is 9.97 Å². The summed E-state index contributed by atoms with van der Waals surface area (Å²) in [4.78, 5) is 7.43. The third kappa shape index (κ3) is 1.22. The lowest BCUT2D eigenvalue weighted by atomic mass is 10.1. The van der Waals surface area contributed by atoms with Crippen LogP contribution in [0.15, 0.2) is 18.3 Å². The van der Waals surface area contributed by atoms with Crippen molar-refractivity contribution in [3.05, 3.63) is 29.0 Å². The molecule has 2 aromatic heterocycles. The lowest BCUT2D eigenvalue weighted by Crippen LogP contribution is -2.01. The van der Waals surface area contributed by atoms with E-state index in [0.29, 0.717) is 5.02 Å². The quantitative estimate of drug-likeness (QED) is 0.799. The number of aromatic nitrogens is 2.